The Kier molecular flexibility index (Phi) is 3.18. The highest BCUT2D eigenvalue weighted by Gasteiger charge is 2.21. The van der Waals surface area contributed by atoms with Gasteiger partial charge in [0, 0.05) is 11.3 Å². The number of hydrogen-bond acceptors (Lipinski definition) is 4. The molecule has 0 atom stereocenters. The normalized spacial score (nSPS) is 13.8. The van der Waals surface area contributed by atoms with E-state index in [1.165, 1.54) is 6.92 Å². The maximum atomic E-state index is 11.7. The number of hydrazone groups is 1. The van der Waals surface area contributed by atoms with Gasteiger partial charge in [-0.3, -0.25) is 14.4 Å². The number of carbonyl (C=O) groups is 3. The SMILES string of the molecule is CC(=O)c1ccc(NC(=O)C2=NNC(=O)C2)cc1. The monoisotopic (exact) mass is 245 g/mol. The maximum Gasteiger partial charge on any atom is 0.272 e. The Morgan fingerprint density at radius 2 is 1.94 bits per heavy atom. The third-order valence-electron chi connectivity index (χ3n) is 2.45. The van der Waals surface area contributed by atoms with Crippen LogP contribution in [-0.2, 0) is 9.59 Å². The fourth-order valence-electron chi connectivity index (χ4n) is 1.48. The van der Waals surface area contributed by atoms with Crippen molar-refractivity contribution in [3.05, 3.63) is 29.8 Å². The smallest absolute Gasteiger partial charge is 0.272 e. The highest BCUT2D eigenvalue weighted by atomic mass is 16.2. The summed E-state index contributed by atoms with van der Waals surface area (Å²) < 4.78 is 0. The van der Waals surface area contributed by atoms with Gasteiger partial charge < -0.3 is 5.32 Å². The molecule has 0 fully saturated rings. The average Bonchev–Trinajstić information content (AvgIpc) is 2.76. The van der Waals surface area contributed by atoms with Gasteiger partial charge in [0.25, 0.3) is 5.91 Å². The number of amides is 2. The summed E-state index contributed by atoms with van der Waals surface area (Å²) in [4.78, 5) is 33.6. The van der Waals surface area contributed by atoms with E-state index in [9.17, 15) is 14.4 Å². The molecule has 2 N–H and O–H groups in total. The van der Waals surface area contributed by atoms with E-state index in [0.717, 1.165) is 0 Å². The number of Topliss-reactive ketones (excluding diaryl/α,β-unsaturated/α-hetero) is 1. The predicted octanol–water partition coefficient (Wildman–Crippen LogP) is 0.704. The van der Waals surface area contributed by atoms with E-state index >= 15 is 0 Å². The molecule has 2 rings (SSSR count). The Balaban J connectivity index is 2.03. The number of ketones is 1. The zero-order valence-electron chi connectivity index (χ0n) is 9.69. The first-order valence-electron chi connectivity index (χ1n) is 5.34. The Labute approximate surface area is 103 Å². The van der Waals surface area contributed by atoms with Gasteiger partial charge in [-0.05, 0) is 31.2 Å². The van der Waals surface area contributed by atoms with Gasteiger partial charge in [0.15, 0.2) is 5.78 Å². The van der Waals surface area contributed by atoms with E-state index in [-0.39, 0.29) is 23.8 Å². The molecule has 1 aromatic carbocycles. The summed E-state index contributed by atoms with van der Waals surface area (Å²) in [6.07, 6.45) is -0.0165. The summed E-state index contributed by atoms with van der Waals surface area (Å²) in [5.74, 6) is -0.765. The molecule has 0 saturated carbocycles. The molecular formula is C12H11N3O3. The molecule has 1 aliphatic heterocycles. The molecule has 1 aromatic rings. The second kappa shape index (κ2) is 4.79. The Bertz CT molecular complexity index is 546. The van der Waals surface area contributed by atoms with Gasteiger partial charge in [-0.1, -0.05) is 0 Å². The second-order valence-corrected chi connectivity index (χ2v) is 3.86. The van der Waals surface area contributed by atoms with Crippen molar-refractivity contribution in [2.45, 2.75) is 13.3 Å². The first-order valence-corrected chi connectivity index (χ1v) is 5.34. The number of nitrogens with one attached hydrogen (secondary N) is 2. The van der Waals surface area contributed by atoms with Crippen molar-refractivity contribution >= 4 is 29.0 Å². The second-order valence-electron chi connectivity index (χ2n) is 3.86. The van der Waals surface area contributed by atoms with Crippen LogP contribution >= 0.6 is 0 Å². The molecular weight excluding hydrogens is 234 g/mol. The lowest BCUT2D eigenvalue weighted by Gasteiger charge is -2.04. The molecule has 0 spiro atoms. The standard InChI is InChI=1S/C12H11N3O3/c1-7(16)8-2-4-9(5-3-8)13-12(18)10-6-11(17)15-14-10/h2-5H,6H2,1H3,(H,13,18)(H,15,17). The Morgan fingerprint density at radius 3 is 2.44 bits per heavy atom. The van der Waals surface area contributed by atoms with E-state index in [2.05, 4.69) is 15.8 Å². The molecule has 0 aliphatic carbocycles. The van der Waals surface area contributed by atoms with Gasteiger partial charge in [-0.15, -0.1) is 0 Å². The zero-order chi connectivity index (χ0) is 13.1. The van der Waals surface area contributed by atoms with Crippen LogP contribution in [0.15, 0.2) is 29.4 Å². The number of hydrogen-bond donors (Lipinski definition) is 2. The van der Waals surface area contributed by atoms with Crippen LogP contribution in [0.1, 0.15) is 23.7 Å². The van der Waals surface area contributed by atoms with E-state index < -0.39 is 5.91 Å². The van der Waals surface area contributed by atoms with Crippen molar-refractivity contribution < 1.29 is 14.4 Å². The lowest BCUT2D eigenvalue weighted by molar-refractivity contribution is -0.119. The van der Waals surface area contributed by atoms with Gasteiger partial charge in [0.1, 0.15) is 5.71 Å². The third-order valence-corrected chi connectivity index (χ3v) is 2.45. The minimum absolute atomic E-state index is 0.0165. The van der Waals surface area contributed by atoms with Crippen molar-refractivity contribution in [3.8, 4) is 0 Å². The molecule has 0 saturated heterocycles. The molecule has 6 nitrogen and oxygen atoms in total. The van der Waals surface area contributed by atoms with E-state index in [1.807, 2.05) is 0 Å². The maximum absolute atomic E-state index is 11.7. The molecule has 2 amide bonds. The van der Waals surface area contributed by atoms with Crippen LogP contribution in [-0.4, -0.2) is 23.3 Å². The van der Waals surface area contributed by atoms with Crippen molar-refractivity contribution in [2.75, 3.05) is 5.32 Å². The summed E-state index contributed by atoms with van der Waals surface area (Å²) in [6, 6.07) is 6.49. The first-order chi connectivity index (χ1) is 8.56. The van der Waals surface area contributed by atoms with Crippen molar-refractivity contribution in [1.29, 1.82) is 0 Å². The molecule has 18 heavy (non-hydrogen) atoms. The van der Waals surface area contributed by atoms with Crippen molar-refractivity contribution in [3.63, 3.8) is 0 Å². The first kappa shape index (κ1) is 12.0. The minimum atomic E-state index is -0.427. The topological polar surface area (TPSA) is 87.6 Å². The zero-order valence-corrected chi connectivity index (χ0v) is 9.69. The van der Waals surface area contributed by atoms with E-state index in [1.54, 1.807) is 24.3 Å². The molecule has 0 radical (unpaired) electrons. The minimum Gasteiger partial charge on any atom is -0.321 e. The van der Waals surface area contributed by atoms with Gasteiger partial charge in [0.05, 0.1) is 6.42 Å². The van der Waals surface area contributed by atoms with Crippen LogP contribution in [0.3, 0.4) is 0 Å². The quantitative estimate of drug-likeness (QED) is 0.768. The summed E-state index contributed by atoms with van der Waals surface area (Å²) >= 11 is 0. The fourth-order valence-corrected chi connectivity index (χ4v) is 1.48. The average molecular weight is 245 g/mol. The Morgan fingerprint density at radius 1 is 1.28 bits per heavy atom. The number of nitrogens with zero attached hydrogens (tertiary/aromatic N) is 1. The van der Waals surface area contributed by atoms with E-state index in [4.69, 9.17) is 0 Å². The molecule has 1 aliphatic rings. The van der Waals surface area contributed by atoms with Gasteiger partial charge in [-0.25, -0.2) is 5.43 Å². The predicted molar refractivity (Wildman–Crippen MR) is 65.3 cm³/mol. The van der Waals surface area contributed by atoms with Crippen LogP contribution in [0.25, 0.3) is 0 Å². The van der Waals surface area contributed by atoms with Gasteiger partial charge in [0.2, 0.25) is 5.91 Å². The third kappa shape index (κ3) is 2.60. The molecule has 6 heteroatoms. The highest BCUT2D eigenvalue weighted by Crippen LogP contribution is 2.10. The van der Waals surface area contributed by atoms with Crippen LogP contribution < -0.4 is 10.7 Å². The summed E-state index contributed by atoms with van der Waals surface area (Å²) in [5.41, 5.74) is 3.47. The lowest BCUT2D eigenvalue weighted by atomic mass is 10.1. The largest absolute Gasteiger partial charge is 0.321 e. The van der Waals surface area contributed by atoms with E-state index in [0.29, 0.717) is 11.3 Å². The number of benzene rings is 1. The van der Waals surface area contributed by atoms with Crippen LogP contribution in [0.2, 0.25) is 0 Å². The molecule has 0 bridgehead atoms. The van der Waals surface area contributed by atoms with Crippen molar-refractivity contribution in [1.82, 2.24) is 5.43 Å². The highest BCUT2D eigenvalue weighted by molar-refractivity contribution is 6.46. The number of carbonyl (C=O) groups excluding carboxylic acids is 3. The summed E-state index contributed by atoms with van der Waals surface area (Å²) in [7, 11) is 0. The van der Waals surface area contributed by atoms with Crippen LogP contribution in [0, 0.1) is 0 Å². The summed E-state index contributed by atoms with van der Waals surface area (Å²) in [6.45, 7) is 1.47. The number of anilines is 1. The Hall–Kier alpha value is -2.50. The van der Waals surface area contributed by atoms with Gasteiger partial charge in [-0.2, -0.15) is 5.10 Å². The van der Waals surface area contributed by atoms with Gasteiger partial charge >= 0.3 is 0 Å². The molecule has 1 heterocycles. The van der Waals surface area contributed by atoms with Crippen LogP contribution in [0.4, 0.5) is 5.69 Å². The lowest BCUT2D eigenvalue weighted by Crippen LogP contribution is -2.22. The van der Waals surface area contributed by atoms with Crippen LogP contribution in [0.5, 0.6) is 0 Å². The number of rotatable bonds is 3. The van der Waals surface area contributed by atoms with Crippen molar-refractivity contribution in [2.24, 2.45) is 5.10 Å². The molecule has 0 unspecified atom stereocenters. The molecule has 92 valence electrons. The summed E-state index contributed by atoms with van der Waals surface area (Å²) in [5, 5.41) is 6.21. The molecule has 0 aromatic heterocycles. The fraction of sp³-hybridized carbons (Fsp3) is 0.167.